The molecule has 110 valence electrons. The summed E-state index contributed by atoms with van der Waals surface area (Å²) in [5, 5.41) is 10.2. The number of hydrogen-bond donors (Lipinski definition) is 1. The van der Waals surface area contributed by atoms with Crippen molar-refractivity contribution in [1.82, 2.24) is 4.90 Å². The van der Waals surface area contributed by atoms with Crippen LogP contribution in [0.1, 0.15) is 20.3 Å². The molecule has 1 heterocycles. The third-order valence-electron chi connectivity index (χ3n) is 3.66. The van der Waals surface area contributed by atoms with Crippen LogP contribution < -0.4 is 4.74 Å². The second-order valence-electron chi connectivity index (χ2n) is 5.31. The van der Waals surface area contributed by atoms with Crippen LogP contribution in [-0.4, -0.2) is 41.2 Å². The Morgan fingerprint density at radius 2 is 2.20 bits per heavy atom. The highest BCUT2D eigenvalue weighted by Crippen LogP contribution is 2.25. The Hall–Kier alpha value is -1.26. The highest BCUT2D eigenvalue weighted by atomic mass is 35.5. The fourth-order valence-electron chi connectivity index (χ4n) is 2.37. The van der Waals surface area contributed by atoms with E-state index in [1.54, 1.807) is 24.0 Å². The average molecular weight is 298 g/mol. The second kappa shape index (κ2) is 6.46. The van der Waals surface area contributed by atoms with Crippen LogP contribution in [0, 0.1) is 5.92 Å². The van der Waals surface area contributed by atoms with E-state index < -0.39 is 6.10 Å². The van der Waals surface area contributed by atoms with Crippen molar-refractivity contribution in [3.8, 4) is 5.75 Å². The minimum atomic E-state index is -0.586. The highest BCUT2D eigenvalue weighted by molar-refractivity contribution is 6.32. The fraction of sp³-hybridized carbons (Fsp3) is 0.533. The highest BCUT2D eigenvalue weighted by Gasteiger charge is 2.30. The summed E-state index contributed by atoms with van der Waals surface area (Å²) in [6.45, 7) is 4.81. The van der Waals surface area contributed by atoms with Gasteiger partial charge in [-0.25, -0.2) is 0 Å². The van der Waals surface area contributed by atoms with Gasteiger partial charge in [0.05, 0.1) is 11.1 Å². The van der Waals surface area contributed by atoms with E-state index in [4.69, 9.17) is 16.3 Å². The average Bonchev–Trinajstić information content (AvgIpc) is 2.43. The van der Waals surface area contributed by atoms with E-state index in [1.807, 2.05) is 19.1 Å². The summed E-state index contributed by atoms with van der Waals surface area (Å²) < 4.78 is 5.64. The summed E-state index contributed by atoms with van der Waals surface area (Å²) in [7, 11) is 0. The maximum atomic E-state index is 12.3. The molecule has 1 aliphatic heterocycles. The Kier molecular flexibility index (Phi) is 4.89. The summed E-state index contributed by atoms with van der Waals surface area (Å²) in [6.07, 6.45) is -0.290. The van der Waals surface area contributed by atoms with Crippen LogP contribution in [0.25, 0.3) is 0 Å². The van der Waals surface area contributed by atoms with Crippen molar-refractivity contribution >= 4 is 17.5 Å². The molecule has 1 amide bonds. The topological polar surface area (TPSA) is 49.8 Å². The van der Waals surface area contributed by atoms with E-state index in [0.717, 1.165) is 0 Å². The van der Waals surface area contributed by atoms with Crippen molar-refractivity contribution in [3.63, 3.8) is 0 Å². The molecule has 1 saturated heterocycles. The maximum Gasteiger partial charge on any atom is 0.263 e. The molecule has 1 aromatic rings. The molecule has 1 aromatic carbocycles. The smallest absolute Gasteiger partial charge is 0.263 e. The fourth-order valence-corrected chi connectivity index (χ4v) is 2.55. The summed E-state index contributed by atoms with van der Waals surface area (Å²) in [4.78, 5) is 14.1. The summed E-state index contributed by atoms with van der Waals surface area (Å²) in [6, 6.07) is 7.11. The monoisotopic (exact) mass is 297 g/mol. The second-order valence-corrected chi connectivity index (χ2v) is 5.72. The van der Waals surface area contributed by atoms with Crippen LogP contribution >= 0.6 is 11.6 Å². The number of halogens is 1. The first-order valence-corrected chi connectivity index (χ1v) is 7.25. The molecule has 3 unspecified atom stereocenters. The predicted octanol–water partition coefficient (Wildman–Crippen LogP) is 2.34. The third-order valence-corrected chi connectivity index (χ3v) is 3.97. The van der Waals surface area contributed by atoms with Gasteiger partial charge in [0.1, 0.15) is 5.75 Å². The molecule has 1 fully saturated rings. The third kappa shape index (κ3) is 3.44. The van der Waals surface area contributed by atoms with Crippen molar-refractivity contribution < 1.29 is 14.6 Å². The Balaban J connectivity index is 1.97. The number of hydrogen-bond acceptors (Lipinski definition) is 3. The molecular formula is C15H20ClNO3. The van der Waals surface area contributed by atoms with Gasteiger partial charge in [0.25, 0.3) is 5.91 Å². The molecule has 0 radical (unpaired) electrons. The minimum Gasteiger partial charge on any atom is -0.479 e. The van der Waals surface area contributed by atoms with Gasteiger partial charge in [-0.05, 0) is 31.4 Å². The molecule has 0 spiro atoms. The van der Waals surface area contributed by atoms with Crippen molar-refractivity contribution in [2.24, 2.45) is 5.92 Å². The lowest BCUT2D eigenvalue weighted by molar-refractivity contribution is -0.141. The Morgan fingerprint density at radius 1 is 1.50 bits per heavy atom. The van der Waals surface area contributed by atoms with E-state index in [2.05, 4.69) is 0 Å². The maximum absolute atomic E-state index is 12.3. The zero-order valence-electron chi connectivity index (χ0n) is 11.8. The first kappa shape index (κ1) is 15.1. The van der Waals surface area contributed by atoms with Crippen molar-refractivity contribution in [1.29, 1.82) is 0 Å². The van der Waals surface area contributed by atoms with Crippen molar-refractivity contribution in [2.45, 2.75) is 32.5 Å². The first-order chi connectivity index (χ1) is 9.49. The van der Waals surface area contributed by atoms with Gasteiger partial charge in [0.15, 0.2) is 6.10 Å². The van der Waals surface area contributed by atoms with Crippen LogP contribution in [0.15, 0.2) is 24.3 Å². The van der Waals surface area contributed by atoms with Crippen LogP contribution in [0.5, 0.6) is 5.75 Å². The van der Waals surface area contributed by atoms with E-state index in [0.29, 0.717) is 30.3 Å². The van der Waals surface area contributed by atoms with E-state index >= 15 is 0 Å². The molecule has 0 aromatic heterocycles. The van der Waals surface area contributed by atoms with Gasteiger partial charge in [0.2, 0.25) is 0 Å². The predicted molar refractivity (Wildman–Crippen MR) is 77.9 cm³/mol. The number of para-hydroxylation sites is 1. The zero-order valence-corrected chi connectivity index (χ0v) is 12.5. The Bertz CT molecular complexity index is 480. The van der Waals surface area contributed by atoms with Gasteiger partial charge in [-0.3, -0.25) is 4.79 Å². The number of aliphatic hydroxyl groups is 1. The zero-order chi connectivity index (χ0) is 14.7. The SMILES string of the molecule is CC(Oc1ccccc1Cl)C(=O)N1CCC(O)C(C)C1. The normalized spacial score (nSPS) is 24.3. The summed E-state index contributed by atoms with van der Waals surface area (Å²) in [5.74, 6) is 0.545. The molecule has 0 saturated carbocycles. The number of ether oxygens (including phenoxy) is 1. The molecule has 5 heteroatoms. The number of rotatable bonds is 3. The van der Waals surface area contributed by atoms with Gasteiger partial charge < -0.3 is 14.7 Å². The van der Waals surface area contributed by atoms with E-state index in [9.17, 15) is 9.90 Å². The van der Waals surface area contributed by atoms with Gasteiger partial charge >= 0.3 is 0 Å². The number of aliphatic hydroxyl groups excluding tert-OH is 1. The lowest BCUT2D eigenvalue weighted by Crippen LogP contribution is -2.49. The van der Waals surface area contributed by atoms with Crippen molar-refractivity contribution in [2.75, 3.05) is 13.1 Å². The number of amides is 1. The number of carbonyl (C=O) groups is 1. The molecule has 3 atom stereocenters. The van der Waals surface area contributed by atoms with Crippen LogP contribution in [0.3, 0.4) is 0 Å². The minimum absolute atomic E-state index is 0.0660. The van der Waals surface area contributed by atoms with Crippen LogP contribution in [-0.2, 0) is 4.79 Å². The Labute approximate surface area is 124 Å². The van der Waals surface area contributed by atoms with Gasteiger partial charge in [-0.2, -0.15) is 0 Å². The van der Waals surface area contributed by atoms with Crippen molar-refractivity contribution in [3.05, 3.63) is 29.3 Å². The van der Waals surface area contributed by atoms with Gasteiger partial charge in [-0.1, -0.05) is 30.7 Å². The summed E-state index contributed by atoms with van der Waals surface area (Å²) in [5.41, 5.74) is 0. The van der Waals surface area contributed by atoms with E-state index in [1.165, 1.54) is 0 Å². The van der Waals surface area contributed by atoms with Gasteiger partial charge in [0, 0.05) is 13.1 Å². The largest absolute Gasteiger partial charge is 0.479 e. The number of carbonyl (C=O) groups excluding carboxylic acids is 1. The number of nitrogens with zero attached hydrogens (tertiary/aromatic N) is 1. The molecule has 0 aliphatic carbocycles. The lowest BCUT2D eigenvalue weighted by Gasteiger charge is -2.35. The molecule has 1 aliphatic rings. The van der Waals surface area contributed by atoms with Crippen LogP contribution in [0.2, 0.25) is 5.02 Å². The first-order valence-electron chi connectivity index (χ1n) is 6.87. The quantitative estimate of drug-likeness (QED) is 0.931. The van der Waals surface area contributed by atoms with Gasteiger partial charge in [-0.15, -0.1) is 0 Å². The standard InChI is InChI=1S/C15H20ClNO3/c1-10-9-17(8-7-13(10)18)15(19)11(2)20-14-6-4-3-5-12(14)16/h3-6,10-11,13,18H,7-9H2,1-2H3. The number of benzene rings is 1. The number of likely N-dealkylation sites (tertiary alicyclic amines) is 1. The number of piperidine rings is 1. The summed E-state index contributed by atoms with van der Waals surface area (Å²) >= 11 is 6.02. The van der Waals surface area contributed by atoms with E-state index in [-0.39, 0.29) is 17.9 Å². The van der Waals surface area contributed by atoms with Crippen LogP contribution in [0.4, 0.5) is 0 Å². The molecule has 2 rings (SSSR count). The Morgan fingerprint density at radius 3 is 2.85 bits per heavy atom. The molecular weight excluding hydrogens is 278 g/mol. The molecule has 0 bridgehead atoms. The molecule has 20 heavy (non-hydrogen) atoms. The molecule has 1 N–H and O–H groups in total. The lowest BCUT2D eigenvalue weighted by atomic mass is 9.96. The molecule has 4 nitrogen and oxygen atoms in total.